The number of thiophene rings is 1. The van der Waals surface area contributed by atoms with Gasteiger partial charge in [0.05, 0.1) is 24.2 Å². The summed E-state index contributed by atoms with van der Waals surface area (Å²) in [5, 5.41) is 2.71. The number of methoxy groups -OCH3 is 1. The largest absolute Gasteiger partial charge is 0.496 e. The van der Waals surface area contributed by atoms with Crippen molar-refractivity contribution in [1.29, 1.82) is 0 Å². The molecule has 1 saturated heterocycles. The number of para-hydroxylation sites is 1. The minimum Gasteiger partial charge on any atom is -0.496 e. The molecule has 1 aromatic heterocycles. The van der Waals surface area contributed by atoms with Crippen LogP contribution in [0.1, 0.15) is 16.0 Å². The Kier molecular flexibility index (Phi) is 5.83. The Morgan fingerprint density at radius 2 is 1.86 bits per heavy atom. The molecule has 0 spiro atoms. The first-order valence-electron chi connectivity index (χ1n) is 9.16. The van der Waals surface area contributed by atoms with Gasteiger partial charge in [-0.1, -0.05) is 42.0 Å². The van der Waals surface area contributed by atoms with Gasteiger partial charge in [-0.15, -0.1) is 11.3 Å². The first-order valence-corrected chi connectivity index (χ1v) is 10.9. The molecule has 0 atom stereocenters. The summed E-state index contributed by atoms with van der Waals surface area (Å²) in [5.41, 5.74) is 2.88. The van der Waals surface area contributed by atoms with Crippen LogP contribution >= 0.6 is 23.1 Å². The van der Waals surface area contributed by atoms with Crippen LogP contribution in [-0.2, 0) is 11.3 Å². The molecule has 4 rings (SSSR count). The molecule has 1 fully saturated rings. The van der Waals surface area contributed by atoms with E-state index in [-0.39, 0.29) is 5.91 Å². The number of amidine groups is 1. The number of benzene rings is 2. The third-order valence-corrected chi connectivity index (χ3v) is 6.33. The van der Waals surface area contributed by atoms with Crippen molar-refractivity contribution in [3.63, 3.8) is 0 Å². The van der Waals surface area contributed by atoms with Crippen LogP contribution in [-0.4, -0.2) is 23.1 Å². The summed E-state index contributed by atoms with van der Waals surface area (Å²) in [6.07, 6.45) is 1.88. The smallest absolute Gasteiger partial charge is 0.267 e. The maximum atomic E-state index is 13.2. The van der Waals surface area contributed by atoms with Gasteiger partial charge < -0.3 is 4.74 Å². The molecule has 6 heteroatoms. The number of nitrogens with zero attached hydrogens (tertiary/aromatic N) is 2. The average molecular weight is 421 g/mol. The van der Waals surface area contributed by atoms with Gasteiger partial charge in [-0.3, -0.25) is 9.69 Å². The number of carbonyl (C=O) groups is 1. The van der Waals surface area contributed by atoms with E-state index in [1.807, 2.05) is 79.0 Å². The lowest BCUT2D eigenvalue weighted by atomic mass is 10.2. The van der Waals surface area contributed by atoms with Gasteiger partial charge in [-0.2, -0.15) is 0 Å². The molecule has 0 saturated carbocycles. The third-order valence-electron chi connectivity index (χ3n) is 4.47. The standard InChI is InChI=1S/C23H20N2O2S2/c1-16-9-11-18(12-10-16)24-23-25(15-19-7-5-13-28-19)22(26)21(29-23)14-17-6-3-4-8-20(17)27-2/h3-14H,15H2,1-2H3/b21-14-,24-23?. The zero-order chi connectivity index (χ0) is 20.2. The van der Waals surface area contributed by atoms with Crippen LogP contribution in [0.25, 0.3) is 6.08 Å². The fourth-order valence-corrected chi connectivity index (χ4v) is 4.63. The zero-order valence-electron chi connectivity index (χ0n) is 16.2. The summed E-state index contributed by atoms with van der Waals surface area (Å²) in [5.74, 6) is 0.697. The summed E-state index contributed by atoms with van der Waals surface area (Å²) in [7, 11) is 1.63. The third kappa shape index (κ3) is 4.44. The highest BCUT2D eigenvalue weighted by Gasteiger charge is 2.33. The SMILES string of the molecule is COc1ccccc1/C=C1\SC(=Nc2ccc(C)cc2)N(Cc2cccs2)C1=O. The fourth-order valence-electron chi connectivity index (χ4n) is 2.95. The van der Waals surface area contributed by atoms with Crippen LogP contribution in [0, 0.1) is 6.92 Å². The summed E-state index contributed by atoms with van der Waals surface area (Å²) in [4.78, 5) is 21.5. The van der Waals surface area contributed by atoms with Crippen molar-refractivity contribution < 1.29 is 9.53 Å². The highest BCUT2D eigenvalue weighted by Crippen LogP contribution is 2.36. The Bertz CT molecular complexity index is 1070. The number of aryl methyl sites for hydroxylation is 1. The Labute approximate surface area is 178 Å². The quantitative estimate of drug-likeness (QED) is 0.485. The minimum atomic E-state index is -0.0415. The summed E-state index contributed by atoms with van der Waals surface area (Å²) in [6, 6.07) is 19.7. The Hall–Kier alpha value is -2.83. The number of rotatable bonds is 5. The van der Waals surface area contributed by atoms with Crippen molar-refractivity contribution in [3.05, 3.63) is 87.0 Å². The van der Waals surface area contributed by atoms with E-state index in [0.29, 0.717) is 16.6 Å². The summed E-state index contributed by atoms with van der Waals surface area (Å²) >= 11 is 3.03. The Balaban J connectivity index is 1.71. The molecular formula is C23H20N2O2S2. The Morgan fingerprint density at radius 1 is 1.07 bits per heavy atom. The molecule has 2 aromatic carbocycles. The predicted octanol–water partition coefficient (Wildman–Crippen LogP) is 5.87. The number of hydrogen-bond acceptors (Lipinski definition) is 5. The van der Waals surface area contributed by atoms with E-state index in [1.165, 1.54) is 17.3 Å². The second kappa shape index (κ2) is 8.68. The second-order valence-electron chi connectivity index (χ2n) is 6.55. The molecule has 1 aliphatic heterocycles. The van der Waals surface area contributed by atoms with Gasteiger partial charge in [-0.25, -0.2) is 4.99 Å². The lowest BCUT2D eigenvalue weighted by Gasteiger charge is -2.14. The molecule has 4 nitrogen and oxygen atoms in total. The summed E-state index contributed by atoms with van der Waals surface area (Å²) in [6.45, 7) is 2.55. The number of ether oxygens (including phenoxy) is 1. The van der Waals surface area contributed by atoms with Crippen LogP contribution in [0.2, 0.25) is 0 Å². The van der Waals surface area contributed by atoms with Gasteiger partial charge in [0, 0.05) is 10.4 Å². The molecule has 1 aliphatic rings. The van der Waals surface area contributed by atoms with Crippen molar-refractivity contribution in [2.24, 2.45) is 4.99 Å². The maximum Gasteiger partial charge on any atom is 0.267 e. The van der Waals surface area contributed by atoms with Crippen molar-refractivity contribution in [2.45, 2.75) is 13.5 Å². The molecule has 0 N–H and O–H groups in total. The van der Waals surface area contributed by atoms with Gasteiger partial charge in [0.15, 0.2) is 5.17 Å². The number of carbonyl (C=O) groups excluding carboxylic acids is 1. The van der Waals surface area contributed by atoms with Gasteiger partial charge in [0.1, 0.15) is 5.75 Å². The normalized spacial score (nSPS) is 16.8. The molecule has 0 aliphatic carbocycles. The van der Waals surface area contributed by atoms with Gasteiger partial charge in [0.2, 0.25) is 0 Å². The fraction of sp³-hybridized carbons (Fsp3) is 0.130. The first kappa shape index (κ1) is 19.5. The minimum absolute atomic E-state index is 0.0415. The van der Waals surface area contributed by atoms with Crippen LogP contribution in [0.5, 0.6) is 5.75 Å². The molecule has 0 bridgehead atoms. The van der Waals surface area contributed by atoms with Gasteiger partial charge >= 0.3 is 0 Å². The molecule has 29 heavy (non-hydrogen) atoms. The van der Waals surface area contributed by atoms with Crippen molar-refractivity contribution in [2.75, 3.05) is 7.11 Å². The van der Waals surface area contributed by atoms with Crippen molar-refractivity contribution in [3.8, 4) is 5.75 Å². The predicted molar refractivity (Wildman–Crippen MR) is 122 cm³/mol. The first-order chi connectivity index (χ1) is 14.1. The highest BCUT2D eigenvalue weighted by molar-refractivity contribution is 8.18. The Morgan fingerprint density at radius 3 is 2.59 bits per heavy atom. The molecule has 0 unspecified atom stereocenters. The molecule has 146 valence electrons. The average Bonchev–Trinajstić information content (AvgIpc) is 3.34. The van der Waals surface area contributed by atoms with Crippen LogP contribution in [0.15, 0.2) is 75.9 Å². The van der Waals surface area contributed by atoms with Gasteiger partial charge in [0.25, 0.3) is 5.91 Å². The highest BCUT2D eigenvalue weighted by atomic mass is 32.2. The monoisotopic (exact) mass is 420 g/mol. The van der Waals surface area contributed by atoms with Gasteiger partial charge in [-0.05, 0) is 54.4 Å². The van der Waals surface area contributed by atoms with E-state index >= 15 is 0 Å². The molecule has 1 amide bonds. The lowest BCUT2D eigenvalue weighted by molar-refractivity contribution is -0.122. The van der Waals surface area contributed by atoms with E-state index < -0.39 is 0 Å². The number of amides is 1. The van der Waals surface area contributed by atoms with Crippen LogP contribution in [0.4, 0.5) is 5.69 Å². The summed E-state index contributed by atoms with van der Waals surface area (Å²) < 4.78 is 5.43. The molecule has 3 aromatic rings. The van der Waals surface area contributed by atoms with E-state index in [9.17, 15) is 4.79 Å². The molecule has 0 radical (unpaired) electrons. The molecular weight excluding hydrogens is 400 g/mol. The van der Waals surface area contributed by atoms with E-state index in [4.69, 9.17) is 9.73 Å². The number of aliphatic imine (C=N–C) groups is 1. The zero-order valence-corrected chi connectivity index (χ0v) is 17.8. The number of hydrogen-bond donors (Lipinski definition) is 0. The second-order valence-corrected chi connectivity index (χ2v) is 8.59. The van der Waals surface area contributed by atoms with Crippen LogP contribution < -0.4 is 4.74 Å². The van der Waals surface area contributed by atoms with E-state index in [0.717, 1.165) is 21.9 Å². The number of thioether (sulfide) groups is 1. The van der Waals surface area contributed by atoms with Crippen molar-refractivity contribution >= 4 is 45.9 Å². The van der Waals surface area contributed by atoms with Crippen molar-refractivity contribution in [1.82, 2.24) is 4.90 Å². The van der Waals surface area contributed by atoms with E-state index in [1.54, 1.807) is 23.3 Å². The maximum absolute atomic E-state index is 13.2. The lowest BCUT2D eigenvalue weighted by Crippen LogP contribution is -2.28. The van der Waals surface area contributed by atoms with Crippen LogP contribution in [0.3, 0.4) is 0 Å². The topological polar surface area (TPSA) is 41.9 Å². The van der Waals surface area contributed by atoms with E-state index in [2.05, 4.69) is 0 Å². The molecule has 2 heterocycles.